The van der Waals surface area contributed by atoms with E-state index in [1.807, 2.05) is 0 Å². The molecule has 5 nitrogen and oxygen atoms in total. The molecule has 0 saturated carbocycles. The summed E-state index contributed by atoms with van der Waals surface area (Å²) in [6.45, 7) is 0.416. The largest absolute Gasteiger partial charge is 0.446 e. The quantitative estimate of drug-likeness (QED) is 0.780. The summed E-state index contributed by atoms with van der Waals surface area (Å²) >= 11 is 3.27. The minimum absolute atomic E-state index is 0.297. The van der Waals surface area contributed by atoms with Crippen LogP contribution < -0.4 is 0 Å². The second-order valence-corrected chi connectivity index (χ2v) is 3.56. The zero-order valence-electron chi connectivity index (χ0n) is 7.05. The molecule has 72 valence electrons. The van der Waals surface area contributed by atoms with E-state index in [1.165, 1.54) is 6.26 Å². The molecule has 0 amide bonds. The molecule has 2 rings (SSSR count). The minimum atomic E-state index is 0.297. The monoisotopic (exact) mass is 255 g/mol. The van der Waals surface area contributed by atoms with Gasteiger partial charge in [-0.25, -0.2) is 4.98 Å². The first-order valence-electron chi connectivity index (χ1n) is 3.85. The highest BCUT2D eigenvalue weighted by Gasteiger charge is 2.04. The molecule has 0 radical (unpaired) electrons. The lowest BCUT2D eigenvalue weighted by atomic mass is 10.5. The van der Waals surface area contributed by atoms with Crippen LogP contribution in [0.1, 0.15) is 16.4 Å². The minimum Gasteiger partial charge on any atom is -0.446 e. The van der Waals surface area contributed by atoms with E-state index >= 15 is 0 Å². The van der Waals surface area contributed by atoms with Crippen molar-refractivity contribution in [2.45, 2.75) is 6.54 Å². The van der Waals surface area contributed by atoms with Crippen LogP contribution in [0.25, 0.3) is 0 Å². The number of hydrogen-bond acceptors (Lipinski definition) is 4. The molecule has 2 aromatic rings. The number of aromatic nitrogens is 3. The molecule has 0 unspecified atom stereocenters. The first-order valence-corrected chi connectivity index (χ1v) is 4.65. The zero-order chi connectivity index (χ0) is 9.97. The molecule has 0 aromatic carbocycles. The van der Waals surface area contributed by atoms with Gasteiger partial charge >= 0.3 is 0 Å². The molecule has 0 aliphatic rings. The molecule has 0 aliphatic carbocycles. The van der Waals surface area contributed by atoms with Gasteiger partial charge in [-0.05, 0) is 15.9 Å². The Labute approximate surface area is 87.9 Å². The van der Waals surface area contributed by atoms with Gasteiger partial charge in [0.05, 0.1) is 10.7 Å². The van der Waals surface area contributed by atoms with Gasteiger partial charge in [-0.3, -0.25) is 9.48 Å². The Hall–Kier alpha value is -1.43. The fourth-order valence-electron chi connectivity index (χ4n) is 1.02. The van der Waals surface area contributed by atoms with Crippen molar-refractivity contribution in [1.29, 1.82) is 0 Å². The van der Waals surface area contributed by atoms with E-state index in [9.17, 15) is 4.79 Å². The van der Waals surface area contributed by atoms with Gasteiger partial charge in [0.2, 0.25) is 5.89 Å². The van der Waals surface area contributed by atoms with Gasteiger partial charge in [-0.2, -0.15) is 5.10 Å². The average molecular weight is 256 g/mol. The summed E-state index contributed by atoms with van der Waals surface area (Å²) in [7, 11) is 0. The smallest absolute Gasteiger partial charge is 0.216 e. The molecule has 6 heteroatoms. The Morgan fingerprint density at radius 1 is 1.64 bits per heavy atom. The maximum atomic E-state index is 10.3. The summed E-state index contributed by atoms with van der Waals surface area (Å²) in [5, 5.41) is 4.03. The highest BCUT2D eigenvalue weighted by atomic mass is 79.9. The van der Waals surface area contributed by atoms with Crippen LogP contribution >= 0.6 is 15.9 Å². The average Bonchev–Trinajstić information content (AvgIpc) is 2.76. The lowest BCUT2D eigenvalue weighted by Crippen LogP contribution is -2.00. The molecular formula is C8H6BrN3O2. The lowest BCUT2D eigenvalue weighted by Gasteiger charge is -1.94. The van der Waals surface area contributed by atoms with Crippen molar-refractivity contribution < 1.29 is 9.21 Å². The van der Waals surface area contributed by atoms with Gasteiger partial charge in [0.15, 0.2) is 6.29 Å². The highest BCUT2D eigenvalue weighted by molar-refractivity contribution is 9.10. The van der Waals surface area contributed by atoms with Crippen LogP contribution in [0.2, 0.25) is 0 Å². The predicted octanol–water partition coefficient (Wildman–Crippen LogP) is 1.49. The Kier molecular flexibility index (Phi) is 2.45. The van der Waals surface area contributed by atoms with Crippen LogP contribution in [0.5, 0.6) is 0 Å². The van der Waals surface area contributed by atoms with Crippen molar-refractivity contribution >= 4 is 22.2 Å². The van der Waals surface area contributed by atoms with E-state index in [4.69, 9.17) is 4.42 Å². The van der Waals surface area contributed by atoms with Crippen LogP contribution in [-0.2, 0) is 6.54 Å². The van der Waals surface area contributed by atoms with Crippen molar-refractivity contribution in [3.8, 4) is 0 Å². The maximum Gasteiger partial charge on any atom is 0.216 e. The number of nitrogens with zero attached hydrogens (tertiary/aromatic N) is 3. The number of carbonyl (C=O) groups excluding carboxylic acids is 1. The first kappa shape index (κ1) is 9.14. The summed E-state index contributed by atoms with van der Waals surface area (Å²) in [5.41, 5.74) is 0.297. The van der Waals surface area contributed by atoms with Gasteiger partial charge in [0, 0.05) is 6.20 Å². The van der Waals surface area contributed by atoms with Gasteiger partial charge in [0.1, 0.15) is 18.5 Å². The molecule has 0 fully saturated rings. The van der Waals surface area contributed by atoms with Crippen molar-refractivity contribution in [2.75, 3.05) is 0 Å². The van der Waals surface area contributed by atoms with Gasteiger partial charge in [-0.1, -0.05) is 0 Å². The number of carbonyl (C=O) groups is 1. The number of halogens is 1. The summed E-state index contributed by atoms with van der Waals surface area (Å²) in [4.78, 5) is 14.2. The molecule has 14 heavy (non-hydrogen) atoms. The fourth-order valence-corrected chi connectivity index (χ4v) is 1.34. The predicted molar refractivity (Wildman–Crippen MR) is 50.9 cm³/mol. The van der Waals surface area contributed by atoms with E-state index in [2.05, 4.69) is 26.0 Å². The number of rotatable bonds is 3. The van der Waals surface area contributed by atoms with Crippen LogP contribution in [0, 0.1) is 0 Å². The van der Waals surface area contributed by atoms with Crippen LogP contribution in [0.15, 0.2) is 27.5 Å². The Bertz CT molecular complexity index is 449. The lowest BCUT2D eigenvalue weighted by molar-refractivity contribution is 0.111. The Morgan fingerprint density at radius 2 is 2.50 bits per heavy atom. The molecule has 2 aromatic heterocycles. The molecule has 2 heterocycles. The number of aldehydes is 1. The zero-order valence-corrected chi connectivity index (χ0v) is 8.64. The Balaban J connectivity index is 2.14. The highest BCUT2D eigenvalue weighted by Crippen LogP contribution is 2.08. The van der Waals surface area contributed by atoms with E-state index in [0.29, 0.717) is 24.4 Å². The topological polar surface area (TPSA) is 60.9 Å². The van der Waals surface area contributed by atoms with Crippen LogP contribution in [0.4, 0.5) is 0 Å². The first-order chi connectivity index (χ1) is 6.78. The van der Waals surface area contributed by atoms with E-state index in [-0.39, 0.29) is 0 Å². The second-order valence-electron chi connectivity index (χ2n) is 2.64. The van der Waals surface area contributed by atoms with Crippen molar-refractivity contribution in [3.63, 3.8) is 0 Å². The third kappa shape index (κ3) is 1.90. The normalized spacial score (nSPS) is 10.4. The third-order valence-electron chi connectivity index (χ3n) is 1.59. The molecular weight excluding hydrogens is 250 g/mol. The van der Waals surface area contributed by atoms with Crippen molar-refractivity contribution in [3.05, 3.63) is 34.7 Å². The number of hydrogen-bond donors (Lipinski definition) is 0. The van der Waals surface area contributed by atoms with Crippen LogP contribution in [0.3, 0.4) is 0 Å². The summed E-state index contributed by atoms with van der Waals surface area (Å²) < 4.78 is 7.60. The van der Waals surface area contributed by atoms with Gasteiger partial charge < -0.3 is 4.42 Å². The summed E-state index contributed by atoms with van der Waals surface area (Å²) in [6.07, 6.45) is 5.43. The van der Waals surface area contributed by atoms with Gasteiger partial charge in [0.25, 0.3) is 0 Å². The standard InChI is InChI=1S/C8H6BrN3O2/c9-6-1-10-12(2-6)3-8-11-7(4-13)5-14-8/h1-2,4-5H,3H2. The van der Waals surface area contributed by atoms with Crippen molar-refractivity contribution in [2.24, 2.45) is 0 Å². The third-order valence-corrected chi connectivity index (χ3v) is 2.00. The molecule has 0 aliphatic heterocycles. The molecule has 0 atom stereocenters. The van der Waals surface area contributed by atoms with E-state index < -0.39 is 0 Å². The second kappa shape index (κ2) is 3.75. The fraction of sp³-hybridized carbons (Fsp3) is 0.125. The molecule has 0 spiro atoms. The molecule has 0 saturated heterocycles. The maximum absolute atomic E-state index is 10.3. The van der Waals surface area contributed by atoms with Gasteiger partial charge in [-0.15, -0.1) is 0 Å². The molecule has 0 N–H and O–H groups in total. The Morgan fingerprint density at radius 3 is 3.07 bits per heavy atom. The summed E-state index contributed by atoms with van der Waals surface area (Å²) in [5.74, 6) is 0.461. The van der Waals surface area contributed by atoms with Crippen LogP contribution in [-0.4, -0.2) is 21.1 Å². The number of oxazole rings is 1. The SMILES string of the molecule is O=Cc1coc(Cn2cc(Br)cn2)n1. The molecule has 0 bridgehead atoms. The summed E-state index contributed by atoms with van der Waals surface area (Å²) in [6, 6.07) is 0. The van der Waals surface area contributed by atoms with Crippen molar-refractivity contribution in [1.82, 2.24) is 14.8 Å². The van der Waals surface area contributed by atoms with E-state index in [1.54, 1.807) is 17.1 Å². The van der Waals surface area contributed by atoms with E-state index in [0.717, 1.165) is 4.47 Å².